The Morgan fingerprint density at radius 1 is 0.963 bits per heavy atom. The molecular weight excluding hydrogens is 385 g/mol. The van der Waals surface area contributed by atoms with E-state index in [0.29, 0.717) is 6.04 Å². The van der Waals surface area contributed by atoms with Crippen LogP contribution in [0, 0.1) is 0 Å². The molecule has 152 valence electrons. The maximum absolute atomic E-state index is 11.8. The molecule has 2 aliphatic heterocycles. The van der Waals surface area contributed by atoms with Gasteiger partial charge < -0.3 is 8.85 Å². The smallest absolute Gasteiger partial charge is 0.389 e. The number of alkyl halides is 3. The summed E-state index contributed by atoms with van der Waals surface area (Å²) in [5.41, 5.74) is 1.27. The summed E-state index contributed by atoms with van der Waals surface area (Å²) in [4.78, 5) is 0. The highest BCUT2D eigenvalue weighted by molar-refractivity contribution is 6.73. The van der Waals surface area contributed by atoms with Crippen LogP contribution in [0.4, 0.5) is 13.2 Å². The molecule has 3 rings (SSSR count). The number of benzene rings is 1. The summed E-state index contributed by atoms with van der Waals surface area (Å²) < 4.78 is 46.7. The molecule has 2 unspecified atom stereocenters. The fraction of sp³-hybridized carbons (Fsp3) is 0.600. The Balaban J connectivity index is 0.000000194. The minimum Gasteiger partial charge on any atom is -0.420 e. The third-order valence-corrected chi connectivity index (χ3v) is 10.5. The van der Waals surface area contributed by atoms with Gasteiger partial charge >= 0.3 is 6.18 Å². The first-order chi connectivity index (χ1) is 13.0. The van der Waals surface area contributed by atoms with Gasteiger partial charge in [-0.15, -0.1) is 0 Å². The third kappa shape index (κ3) is 9.23. The first-order valence-corrected chi connectivity index (χ1v) is 14.0. The highest BCUT2D eigenvalue weighted by Gasteiger charge is 2.27. The molecule has 2 heterocycles. The Hall–Kier alpha value is -0.896. The van der Waals surface area contributed by atoms with E-state index < -0.39 is 30.7 Å². The largest absolute Gasteiger partial charge is 0.420 e. The molecule has 27 heavy (non-hydrogen) atoms. The van der Waals surface area contributed by atoms with E-state index in [9.17, 15) is 13.2 Å². The van der Waals surface area contributed by atoms with E-state index in [0.717, 1.165) is 32.1 Å². The van der Waals surface area contributed by atoms with Crippen LogP contribution in [0.15, 0.2) is 36.9 Å². The summed E-state index contributed by atoms with van der Waals surface area (Å²) in [5, 5.41) is 1.27. The van der Waals surface area contributed by atoms with Crippen molar-refractivity contribution in [2.45, 2.75) is 62.8 Å². The van der Waals surface area contributed by atoms with Gasteiger partial charge in [-0.3, -0.25) is 0 Å². The Morgan fingerprint density at radius 2 is 1.63 bits per heavy atom. The molecule has 1 aromatic carbocycles. The molecule has 2 nitrogen and oxygen atoms in total. The molecule has 0 amide bonds. The summed E-state index contributed by atoms with van der Waals surface area (Å²) in [7, 11) is -2.36. The minimum absolute atomic E-state index is 0.264. The van der Waals surface area contributed by atoms with Crippen LogP contribution in [0.5, 0.6) is 0 Å². The number of rotatable bonds is 5. The van der Waals surface area contributed by atoms with Gasteiger partial charge in [-0.25, -0.2) is 0 Å². The van der Waals surface area contributed by atoms with E-state index in [1.807, 2.05) is 6.07 Å². The molecule has 2 aliphatic rings. The van der Waals surface area contributed by atoms with E-state index in [1.54, 1.807) is 0 Å². The van der Waals surface area contributed by atoms with Crippen molar-refractivity contribution in [2.75, 3.05) is 13.2 Å². The predicted octanol–water partition coefficient (Wildman–Crippen LogP) is 5.64. The van der Waals surface area contributed by atoms with Gasteiger partial charge in [0, 0.05) is 19.6 Å². The lowest BCUT2D eigenvalue weighted by molar-refractivity contribution is -0.134. The van der Waals surface area contributed by atoms with Crippen molar-refractivity contribution in [3.8, 4) is 0 Å². The monoisotopic (exact) mass is 416 g/mol. The second-order valence-electron chi connectivity index (χ2n) is 7.24. The van der Waals surface area contributed by atoms with E-state index in [2.05, 4.69) is 30.8 Å². The lowest BCUT2D eigenvalue weighted by atomic mass is 10.2. The first kappa shape index (κ1) is 22.4. The Morgan fingerprint density at radius 3 is 2.19 bits per heavy atom. The van der Waals surface area contributed by atoms with Crippen molar-refractivity contribution in [2.24, 2.45) is 0 Å². The molecule has 0 aliphatic carbocycles. The van der Waals surface area contributed by atoms with Crippen LogP contribution in [-0.4, -0.2) is 37.5 Å². The Kier molecular flexibility index (Phi) is 9.82. The molecule has 2 atom stereocenters. The highest BCUT2D eigenvalue weighted by Crippen LogP contribution is 2.25. The average molecular weight is 417 g/mol. The maximum atomic E-state index is 11.8. The molecule has 2 saturated heterocycles. The van der Waals surface area contributed by atoms with Gasteiger partial charge in [0.15, 0.2) is 9.04 Å². The van der Waals surface area contributed by atoms with E-state index in [1.165, 1.54) is 29.6 Å². The van der Waals surface area contributed by atoms with Gasteiger partial charge in [-0.05, 0) is 48.2 Å². The molecule has 0 saturated carbocycles. The molecule has 0 radical (unpaired) electrons. The Bertz CT molecular complexity index is 540. The lowest BCUT2D eigenvalue weighted by Crippen LogP contribution is -2.24. The molecule has 2 fully saturated rings. The van der Waals surface area contributed by atoms with Crippen molar-refractivity contribution in [1.82, 2.24) is 0 Å². The SMILES string of the molecule is C=C(c1ccccc1)[SiH]1CCCCO1.FC(F)(F)CCC[SiH]1CCCCO1. The average Bonchev–Trinajstić information content (AvgIpc) is 2.69. The molecule has 0 spiro atoms. The summed E-state index contributed by atoms with van der Waals surface area (Å²) in [6.45, 7) is 5.91. The van der Waals surface area contributed by atoms with Crippen LogP contribution in [0.3, 0.4) is 0 Å². The zero-order valence-corrected chi connectivity index (χ0v) is 18.3. The fourth-order valence-corrected chi connectivity index (χ4v) is 8.34. The second-order valence-corrected chi connectivity index (χ2v) is 12.6. The van der Waals surface area contributed by atoms with Crippen molar-refractivity contribution in [1.29, 1.82) is 0 Å². The highest BCUT2D eigenvalue weighted by atomic mass is 28.3. The van der Waals surface area contributed by atoms with Crippen LogP contribution < -0.4 is 0 Å². The Labute approximate surface area is 164 Å². The van der Waals surface area contributed by atoms with Crippen LogP contribution in [0.2, 0.25) is 18.1 Å². The van der Waals surface area contributed by atoms with Crippen molar-refractivity contribution < 1.29 is 22.0 Å². The standard InChI is InChI=1S/C12H16OSi.C8H15F3OSi/c1-11(12-7-3-2-4-8-12)14-10-6-5-9-13-14;9-8(10,11)4-3-7-13-6-2-1-5-12-13/h2-4,7-8,14H,1,5-6,9-10H2;13H,1-7H2. The molecular formula is C20H31F3O2Si2. The number of halogens is 3. The number of hydrogen-bond donors (Lipinski definition) is 0. The van der Waals surface area contributed by atoms with Gasteiger partial charge in [-0.1, -0.05) is 49.8 Å². The summed E-state index contributed by atoms with van der Waals surface area (Å²) in [6.07, 6.45) is 0.434. The quantitative estimate of drug-likeness (QED) is 0.579. The zero-order valence-electron chi connectivity index (χ0n) is 16.0. The van der Waals surface area contributed by atoms with Crippen LogP contribution >= 0.6 is 0 Å². The van der Waals surface area contributed by atoms with Gasteiger partial charge in [0.2, 0.25) is 9.04 Å². The molecule has 0 bridgehead atoms. The normalized spacial score (nSPS) is 23.2. The van der Waals surface area contributed by atoms with Crippen molar-refractivity contribution >= 4 is 23.3 Å². The van der Waals surface area contributed by atoms with Crippen molar-refractivity contribution in [3.63, 3.8) is 0 Å². The minimum atomic E-state index is -3.98. The van der Waals surface area contributed by atoms with Gasteiger partial charge in [-0.2, -0.15) is 13.2 Å². The van der Waals surface area contributed by atoms with Gasteiger partial charge in [0.25, 0.3) is 0 Å². The zero-order chi connectivity index (χ0) is 19.5. The maximum Gasteiger partial charge on any atom is 0.389 e. The molecule has 7 heteroatoms. The summed E-state index contributed by atoms with van der Waals surface area (Å²) in [5.74, 6) is 0. The molecule has 0 aromatic heterocycles. The van der Waals surface area contributed by atoms with Crippen LogP contribution in [-0.2, 0) is 8.85 Å². The van der Waals surface area contributed by atoms with E-state index in [4.69, 9.17) is 8.85 Å². The van der Waals surface area contributed by atoms with E-state index in [-0.39, 0.29) is 6.42 Å². The first-order valence-electron chi connectivity index (χ1n) is 10.00. The van der Waals surface area contributed by atoms with Crippen LogP contribution in [0.25, 0.3) is 5.20 Å². The van der Waals surface area contributed by atoms with Gasteiger partial charge in [0.05, 0.1) is 0 Å². The lowest BCUT2D eigenvalue weighted by Gasteiger charge is -2.23. The topological polar surface area (TPSA) is 18.5 Å². The third-order valence-electron chi connectivity index (χ3n) is 4.97. The molecule has 1 aromatic rings. The summed E-state index contributed by atoms with van der Waals surface area (Å²) >= 11 is 0. The van der Waals surface area contributed by atoms with E-state index >= 15 is 0 Å². The fourth-order valence-electron chi connectivity index (χ4n) is 3.42. The number of hydrogen-bond acceptors (Lipinski definition) is 2. The predicted molar refractivity (Wildman–Crippen MR) is 110 cm³/mol. The molecule has 0 N–H and O–H groups in total. The second kappa shape index (κ2) is 11.8. The van der Waals surface area contributed by atoms with Crippen molar-refractivity contribution in [3.05, 3.63) is 42.5 Å². The van der Waals surface area contributed by atoms with Gasteiger partial charge in [0.1, 0.15) is 0 Å². The van der Waals surface area contributed by atoms with Crippen LogP contribution in [0.1, 0.15) is 44.1 Å². The summed E-state index contributed by atoms with van der Waals surface area (Å²) in [6, 6.07) is 13.5.